The van der Waals surface area contributed by atoms with Gasteiger partial charge in [-0.05, 0) is 36.4 Å². The Labute approximate surface area is 269 Å². The quantitative estimate of drug-likeness (QED) is 0.182. The Morgan fingerprint density at radius 2 is 1.00 bits per heavy atom. The van der Waals surface area contributed by atoms with E-state index in [4.69, 9.17) is 24.9 Å². The summed E-state index contributed by atoms with van der Waals surface area (Å²) in [4.78, 5) is 33.1. The van der Waals surface area contributed by atoms with Crippen LogP contribution in [0.15, 0.2) is 146 Å². The minimum absolute atomic E-state index is 0.578. The van der Waals surface area contributed by atoms with E-state index in [1.807, 2.05) is 60.7 Å². The van der Waals surface area contributed by atoms with E-state index in [1.54, 1.807) is 24.8 Å². The number of nitrogens with zero attached hydrogens (tertiary/aromatic N) is 8. The molecule has 0 spiro atoms. The molecule has 0 saturated carbocycles. The number of pyridine rings is 4. The fraction of sp³-hybridized carbons (Fsp3) is 0. The highest BCUT2D eigenvalue weighted by atomic mass is 15.0. The van der Waals surface area contributed by atoms with Crippen LogP contribution >= 0.6 is 0 Å². The van der Waals surface area contributed by atoms with Crippen molar-refractivity contribution in [1.82, 2.24) is 39.3 Å². The first-order valence-electron chi connectivity index (χ1n) is 15.2. The van der Waals surface area contributed by atoms with Crippen LogP contribution in [0.25, 0.3) is 84.0 Å². The molecule has 3 aromatic carbocycles. The summed E-state index contributed by atoms with van der Waals surface area (Å²) in [7, 11) is 0. The number of aromatic nitrogens is 8. The highest BCUT2D eigenvalue weighted by Crippen LogP contribution is 2.36. The van der Waals surface area contributed by atoms with Crippen molar-refractivity contribution >= 4 is 27.3 Å². The van der Waals surface area contributed by atoms with Crippen LogP contribution in [0.1, 0.15) is 0 Å². The largest absolute Gasteiger partial charge is 0.306 e. The van der Waals surface area contributed by atoms with Crippen molar-refractivity contribution in [3.05, 3.63) is 146 Å². The molecule has 8 heteroatoms. The first kappa shape index (κ1) is 26.7. The normalized spacial score (nSPS) is 11.4. The molecule has 6 aromatic heterocycles. The molecule has 0 saturated heterocycles. The Bertz CT molecular complexity index is 2490. The molecule has 47 heavy (non-hydrogen) atoms. The van der Waals surface area contributed by atoms with Crippen LogP contribution < -0.4 is 0 Å². The van der Waals surface area contributed by atoms with Crippen molar-refractivity contribution < 1.29 is 0 Å². The van der Waals surface area contributed by atoms with E-state index in [1.165, 1.54) is 0 Å². The van der Waals surface area contributed by atoms with Crippen molar-refractivity contribution in [2.45, 2.75) is 0 Å². The van der Waals surface area contributed by atoms with Gasteiger partial charge in [-0.1, -0.05) is 72.8 Å². The summed E-state index contributed by atoms with van der Waals surface area (Å²) in [6.45, 7) is 0. The second-order valence-corrected chi connectivity index (χ2v) is 11.2. The Morgan fingerprint density at radius 1 is 0.426 bits per heavy atom. The summed E-state index contributed by atoms with van der Waals surface area (Å²) < 4.78 is 2.10. The number of hydrogen-bond acceptors (Lipinski definition) is 7. The fourth-order valence-corrected chi connectivity index (χ4v) is 5.99. The molecule has 220 valence electrons. The maximum Gasteiger partial charge on any atom is 0.164 e. The molecular formula is C39H24N8. The van der Waals surface area contributed by atoms with Gasteiger partial charge in [-0.25, -0.2) is 24.9 Å². The molecular weight excluding hydrogens is 580 g/mol. The summed E-state index contributed by atoms with van der Waals surface area (Å²) >= 11 is 0. The molecule has 9 rings (SSSR count). The third-order valence-corrected chi connectivity index (χ3v) is 8.29. The van der Waals surface area contributed by atoms with Gasteiger partial charge < -0.3 is 4.40 Å². The maximum absolute atomic E-state index is 5.17. The minimum atomic E-state index is 0.578. The lowest BCUT2D eigenvalue weighted by Crippen LogP contribution is -2.00. The topological polar surface area (TPSA) is 94.6 Å². The van der Waals surface area contributed by atoms with E-state index < -0.39 is 0 Å². The molecule has 0 atom stereocenters. The van der Waals surface area contributed by atoms with Gasteiger partial charge in [0.15, 0.2) is 17.5 Å². The number of imidazole rings is 1. The first-order chi connectivity index (χ1) is 23.3. The van der Waals surface area contributed by atoms with E-state index in [9.17, 15) is 0 Å². The molecule has 0 fully saturated rings. The van der Waals surface area contributed by atoms with Crippen LogP contribution in [-0.2, 0) is 0 Å². The van der Waals surface area contributed by atoms with Crippen LogP contribution in [-0.4, -0.2) is 39.3 Å². The van der Waals surface area contributed by atoms with Gasteiger partial charge >= 0.3 is 0 Å². The summed E-state index contributed by atoms with van der Waals surface area (Å²) in [5.74, 6) is 1.73. The van der Waals surface area contributed by atoms with Gasteiger partial charge in [-0.2, -0.15) is 0 Å². The fourth-order valence-electron chi connectivity index (χ4n) is 5.99. The Balaban J connectivity index is 1.19. The monoisotopic (exact) mass is 604 g/mol. The first-order valence-corrected chi connectivity index (χ1v) is 15.2. The number of benzene rings is 3. The van der Waals surface area contributed by atoms with E-state index >= 15 is 0 Å². The van der Waals surface area contributed by atoms with E-state index in [-0.39, 0.29) is 0 Å². The van der Waals surface area contributed by atoms with Gasteiger partial charge in [0.25, 0.3) is 0 Å². The van der Waals surface area contributed by atoms with E-state index in [2.05, 4.69) is 75.3 Å². The van der Waals surface area contributed by atoms with Gasteiger partial charge in [-0.15, -0.1) is 0 Å². The number of rotatable bonds is 5. The summed E-state index contributed by atoms with van der Waals surface area (Å²) in [5, 5.41) is 3.17. The molecule has 0 bridgehead atoms. The van der Waals surface area contributed by atoms with Crippen molar-refractivity contribution in [3.8, 4) is 56.7 Å². The summed E-state index contributed by atoms with van der Waals surface area (Å²) in [6, 6.07) is 36.5. The van der Waals surface area contributed by atoms with Gasteiger partial charge in [0.05, 0.1) is 16.9 Å². The predicted molar refractivity (Wildman–Crippen MR) is 184 cm³/mol. The molecule has 0 N–H and O–H groups in total. The van der Waals surface area contributed by atoms with Crippen LogP contribution in [0.2, 0.25) is 0 Å². The third-order valence-electron chi connectivity index (χ3n) is 8.29. The molecule has 9 aromatic rings. The van der Waals surface area contributed by atoms with Crippen molar-refractivity contribution in [1.29, 1.82) is 0 Å². The number of para-hydroxylation sites is 1. The smallest absolute Gasteiger partial charge is 0.164 e. The lowest BCUT2D eigenvalue weighted by Gasteiger charge is -2.12. The second kappa shape index (κ2) is 11.0. The lowest BCUT2D eigenvalue weighted by molar-refractivity contribution is 1.07. The molecule has 8 nitrogen and oxygen atoms in total. The minimum Gasteiger partial charge on any atom is -0.306 e. The van der Waals surface area contributed by atoms with Gasteiger partial charge in [0.2, 0.25) is 0 Å². The summed E-state index contributed by atoms with van der Waals surface area (Å²) in [6.07, 6.45) is 11.1. The van der Waals surface area contributed by atoms with Gasteiger partial charge in [0, 0.05) is 81.2 Å². The maximum atomic E-state index is 5.17. The lowest BCUT2D eigenvalue weighted by atomic mass is 10.00. The standard InChI is InChI=1S/C39H24N8/c1-2-6-25(7-3-1)33-24-47-23-18-31-34(39(47)43-33)30-8-4-5-9-32(30)42-35(31)26-10-12-27(13-11-26)36-44-37(28-14-19-40-20-15-28)46-38(45-36)29-16-21-41-22-17-29/h1-24H. The predicted octanol–water partition coefficient (Wildman–Crippen LogP) is 8.35. The number of fused-ring (bicyclic) bond motifs is 5. The zero-order chi connectivity index (χ0) is 31.2. The SMILES string of the molecule is c1ccc(-c2cn3ccc4c(-c5ccc(-c6nc(-c7ccncc7)nc(-c7ccncc7)n6)cc5)nc5ccccc5c4c3n2)cc1. The van der Waals surface area contributed by atoms with Crippen molar-refractivity contribution in [2.75, 3.05) is 0 Å². The van der Waals surface area contributed by atoms with Crippen molar-refractivity contribution in [2.24, 2.45) is 0 Å². The molecule has 0 unspecified atom stereocenters. The van der Waals surface area contributed by atoms with Gasteiger partial charge in [0.1, 0.15) is 5.65 Å². The Morgan fingerprint density at radius 3 is 1.66 bits per heavy atom. The van der Waals surface area contributed by atoms with Crippen LogP contribution in [0.5, 0.6) is 0 Å². The van der Waals surface area contributed by atoms with E-state index in [0.717, 1.165) is 66.5 Å². The third kappa shape index (κ3) is 4.76. The molecule has 0 aliphatic heterocycles. The summed E-state index contributed by atoms with van der Waals surface area (Å²) in [5.41, 5.74) is 8.30. The molecule has 0 aliphatic rings. The zero-order valence-electron chi connectivity index (χ0n) is 24.9. The highest BCUT2D eigenvalue weighted by Gasteiger charge is 2.17. The zero-order valence-corrected chi connectivity index (χ0v) is 24.9. The van der Waals surface area contributed by atoms with Crippen LogP contribution in [0.4, 0.5) is 0 Å². The van der Waals surface area contributed by atoms with Crippen molar-refractivity contribution in [3.63, 3.8) is 0 Å². The molecule has 0 aliphatic carbocycles. The molecule has 0 radical (unpaired) electrons. The van der Waals surface area contributed by atoms with Crippen LogP contribution in [0, 0.1) is 0 Å². The molecule has 0 amide bonds. The average Bonchev–Trinajstić information content (AvgIpc) is 3.60. The molecule has 6 heterocycles. The highest BCUT2D eigenvalue weighted by molar-refractivity contribution is 6.16. The second-order valence-electron chi connectivity index (χ2n) is 11.2. The Kier molecular flexibility index (Phi) is 6.28. The Hall–Kier alpha value is -6.67. The number of hydrogen-bond donors (Lipinski definition) is 0. The van der Waals surface area contributed by atoms with Crippen LogP contribution in [0.3, 0.4) is 0 Å². The van der Waals surface area contributed by atoms with E-state index in [0.29, 0.717) is 17.5 Å². The average molecular weight is 605 g/mol. The van der Waals surface area contributed by atoms with Gasteiger partial charge in [-0.3, -0.25) is 9.97 Å².